The van der Waals surface area contributed by atoms with Gasteiger partial charge in [0.15, 0.2) is 5.44 Å². The second-order valence-electron chi connectivity index (χ2n) is 2.55. The predicted octanol–water partition coefficient (Wildman–Crippen LogP) is -1.47. The Bertz CT molecular complexity index is 428. The smallest absolute Gasteiger partial charge is 0.746 e. The summed E-state index contributed by atoms with van der Waals surface area (Å²) in [5.41, 5.74) is -2.28. The summed E-state index contributed by atoms with van der Waals surface area (Å²) in [5.74, 6) is 0. The number of hydrogen-bond acceptors (Lipinski definition) is 4. The summed E-state index contributed by atoms with van der Waals surface area (Å²) in [6.45, 7) is 0. The van der Waals surface area contributed by atoms with Gasteiger partial charge in [-0.3, -0.25) is 0 Å². The van der Waals surface area contributed by atoms with E-state index in [4.69, 9.17) is 28.3 Å². The van der Waals surface area contributed by atoms with Gasteiger partial charge in [-0.05, 0) is 23.8 Å². The maximum absolute atomic E-state index is 10.5. The molecule has 4 nitrogen and oxygen atoms in total. The molecule has 1 unspecified atom stereocenters. The van der Waals surface area contributed by atoms with Crippen LogP contribution >= 0.6 is 23.2 Å². The van der Waals surface area contributed by atoms with Gasteiger partial charge in [0.2, 0.25) is 0 Å². The maximum atomic E-state index is 10.5. The Kier molecular flexibility index (Phi) is 6.10. The van der Waals surface area contributed by atoms with E-state index in [0.717, 1.165) is 12.1 Å². The molecule has 0 heterocycles. The number of hydrogen-bond donors (Lipinski definition) is 1. The molecule has 0 saturated carbocycles. The van der Waals surface area contributed by atoms with Crippen molar-refractivity contribution in [2.24, 2.45) is 0 Å². The van der Waals surface area contributed by atoms with E-state index in [0.29, 0.717) is 0 Å². The Morgan fingerprint density at radius 1 is 1.20 bits per heavy atom. The molecule has 0 radical (unpaired) electrons. The van der Waals surface area contributed by atoms with Gasteiger partial charge < -0.3 is 9.66 Å². The second-order valence-corrected chi connectivity index (χ2v) is 4.85. The molecule has 0 aliphatic carbocycles. The number of rotatable bonds is 2. The Labute approximate surface area is 119 Å². The van der Waals surface area contributed by atoms with Gasteiger partial charge in [0.1, 0.15) is 10.1 Å². The fourth-order valence-electron chi connectivity index (χ4n) is 0.884. The summed E-state index contributed by atoms with van der Waals surface area (Å²) in [4.78, 5) is 0. The minimum atomic E-state index is -4.80. The normalized spacial score (nSPS) is 13.1. The monoisotopic (exact) mass is 278 g/mol. The van der Waals surface area contributed by atoms with E-state index in [-0.39, 0.29) is 45.2 Å². The number of halogens is 2. The van der Waals surface area contributed by atoms with Crippen molar-refractivity contribution in [3.63, 3.8) is 0 Å². The fourth-order valence-corrected chi connectivity index (χ4v) is 1.90. The van der Waals surface area contributed by atoms with Crippen molar-refractivity contribution in [2.75, 3.05) is 0 Å². The van der Waals surface area contributed by atoms with Crippen molar-refractivity contribution in [3.05, 3.63) is 33.8 Å². The van der Waals surface area contributed by atoms with Crippen LogP contribution in [-0.4, -0.2) is 18.1 Å². The standard InChI is InChI=1S/C7H6Cl2O4S.Na/c8-5-1-4(2-6(9)3-5)7(10)14(11,12)13;/h1-3,7,10H,(H,11,12,13);/q;+1/p-1. The average molecular weight is 279 g/mol. The fraction of sp³-hybridized carbons (Fsp3) is 0.143. The van der Waals surface area contributed by atoms with Crippen molar-refractivity contribution in [1.82, 2.24) is 0 Å². The van der Waals surface area contributed by atoms with E-state index in [1.807, 2.05) is 0 Å². The molecule has 78 valence electrons. The number of aliphatic hydroxyl groups is 1. The average Bonchev–Trinajstić information content (AvgIpc) is 1.99. The molecule has 0 amide bonds. The Hall–Kier alpha value is 0.670. The van der Waals surface area contributed by atoms with Crippen LogP contribution in [0.15, 0.2) is 18.2 Å². The van der Waals surface area contributed by atoms with Crippen LogP contribution in [0.25, 0.3) is 0 Å². The minimum absolute atomic E-state index is 0. The molecule has 1 rings (SSSR count). The van der Waals surface area contributed by atoms with E-state index in [1.54, 1.807) is 0 Å². The van der Waals surface area contributed by atoms with E-state index < -0.39 is 15.6 Å². The van der Waals surface area contributed by atoms with Gasteiger partial charge in [-0.15, -0.1) is 0 Å². The molecule has 8 heteroatoms. The molecular weight excluding hydrogens is 274 g/mol. The van der Waals surface area contributed by atoms with E-state index in [2.05, 4.69) is 0 Å². The maximum Gasteiger partial charge on any atom is 1.00 e. The molecule has 0 aliphatic heterocycles. The van der Waals surface area contributed by atoms with Crippen molar-refractivity contribution in [1.29, 1.82) is 0 Å². The van der Waals surface area contributed by atoms with Crippen molar-refractivity contribution in [3.8, 4) is 0 Å². The molecule has 1 atom stereocenters. The SMILES string of the molecule is O=S(=O)([O-])C(O)c1cc(Cl)cc(Cl)c1.[Na+]. The molecule has 0 fully saturated rings. The van der Waals surface area contributed by atoms with Gasteiger partial charge in [-0.2, -0.15) is 0 Å². The summed E-state index contributed by atoms with van der Waals surface area (Å²) in [7, 11) is -4.80. The molecule has 15 heavy (non-hydrogen) atoms. The summed E-state index contributed by atoms with van der Waals surface area (Å²) < 4.78 is 31.4. The largest absolute Gasteiger partial charge is 1.00 e. The van der Waals surface area contributed by atoms with E-state index in [1.165, 1.54) is 6.07 Å². The van der Waals surface area contributed by atoms with E-state index >= 15 is 0 Å². The van der Waals surface area contributed by atoms with Crippen LogP contribution in [0.3, 0.4) is 0 Å². The third kappa shape index (κ3) is 4.58. The summed E-state index contributed by atoms with van der Waals surface area (Å²) >= 11 is 11.1. The summed E-state index contributed by atoms with van der Waals surface area (Å²) in [6.07, 6.45) is 0. The quantitative estimate of drug-likeness (QED) is 0.530. The van der Waals surface area contributed by atoms with Crippen LogP contribution in [0.4, 0.5) is 0 Å². The first-order valence-corrected chi connectivity index (χ1v) is 5.62. The van der Waals surface area contributed by atoms with Gasteiger partial charge >= 0.3 is 29.6 Å². The van der Waals surface area contributed by atoms with Gasteiger partial charge in [0, 0.05) is 10.0 Å². The molecule has 0 saturated heterocycles. The van der Waals surface area contributed by atoms with E-state index in [9.17, 15) is 13.0 Å². The van der Waals surface area contributed by atoms with Crippen LogP contribution < -0.4 is 29.6 Å². The van der Waals surface area contributed by atoms with Crippen molar-refractivity contribution < 1.29 is 47.6 Å². The second kappa shape index (κ2) is 5.84. The molecule has 0 bridgehead atoms. The molecule has 1 aromatic rings. The zero-order chi connectivity index (χ0) is 10.9. The van der Waals surface area contributed by atoms with Gasteiger partial charge in [0.05, 0.1) is 0 Å². The first-order chi connectivity index (χ1) is 6.30. The number of aliphatic hydroxyl groups excluding tert-OH is 1. The molecule has 1 aromatic carbocycles. The van der Waals surface area contributed by atoms with Crippen molar-refractivity contribution >= 4 is 33.3 Å². The zero-order valence-electron chi connectivity index (χ0n) is 7.65. The Morgan fingerprint density at radius 3 is 1.93 bits per heavy atom. The van der Waals surface area contributed by atoms with Crippen molar-refractivity contribution in [2.45, 2.75) is 5.44 Å². The van der Waals surface area contributed by atoms with Crippen LogP contribution in [0.1, 0.15) is 11.0 Å². The molecule has 0 spiro atoms. The van der Waals surface area contributed by atoms with Gasteiger partial charge in [0.25, 0.3) is 0 Å². The third-order valence-electron chi connectivity index (χ3n) is 1.44. The summed E-state index contributed by atoms with van der Waals surface area (Å²) in [5, 5.41) is 9.38. The Balaban J connectivity index is 0.00000196. The summed E-state index contributed by atoms with van der Waals surface area (Å²) in [6, 6.07) is 3.68. The predicted molar refractivity (Wildman–Crippen MR) is 51.1 cm³/mol. The first kappa shape index (κ1) is 15.7. The topological polar surface area (TPSA) is 77.4 Å². The van der Waals surface area contributed by atoms with Gasteiger partial charge in [-0.1, -0.05) is 23.2 Å². The van der Waals surface area contributed by atoms with Gasteiger partial charge in [-0.25, -0.2) is 8.42 Å². The number of benzene rings is 1. The Morgan fingerprint density at radius 2 is 1.60 bits per heavy atom. The molecular formula is C7H5Cl2NaO4S. The zero-order valence-corrected chi connectivity index (χ0v) is 12.0. The third-order valence-corrected chi connectivity index (χ3v) is 2.70. The molecule has 0 aliphatic rings. The van der Waals surface area contributed by atoms with Crippen LogP contribution in [0, 0.1) is 0 Å². The van der Waals surface area contributed by atoms with Crippen LogP contribution in [0.2, 0.25) is 10.0 Å². The minimum Gasteiger partial charge on any atom is -0.746 e. The molecule has 0 aromatic heterocycles. The molecule has 1 N–H and O–H groups in total. The van der Waals surface area contributed by atoms with Crippen LogP contribution in [0.5, 0.6) is 0 Å². The first-order valence-electron chi connectivity index (χ1n) is 3.39. The van der Waals surface area contributed by atoms with Crippen LogP contribution in [-0.2, 0) is 10.1 Å².